The van der Waals surface area contributed by atoms with Crippen molar-refractivity contribution in [3.05, 3.63) is 12.2 Å². The fourth-order valence-corrected chi connectivity index (χ4v) is 4.07. The number of carbonyl (C=O) groups is 2. The average Bonchev–Trinajstić information content (AvgIpc) is 3.00. The SMILES string of the molecule is COC(=O)CCC/C=C/C[C@@H]1[C@@H](CO)[C@H](OC2CCCCO2)C[C@@H]1OC(C)=O. The quantitative estimate of drug-likeness (QED) is 0.344. The lowest BCUT2D eigenvalue weighted by molar-refractivity contribution is -0.198. The fraction of sp³-hybridized carbons (Fsp3) is 0.810. The van der Waals surface area contributed by atoms with Gasteiger partial charge >= 0.3 is 11.9 Å². The van der Waals surface area contributed by atoms with E-state index in [4.69, 9.17) is 14.2 Å². The minimum Gasteiger partial charge on any atom is -0.469 e. The second kappa shape index (κ2) is 12.2. The maximum atomic E-state index is 11.5. The minimum absolute atomic E-state index is 0.000604. The first-order chi connectivity index (χ1) is 13.5. The molecule has 28 heavy (non-hydrogen) atoms. The van der Waals surface area contributed by atoms with E-state index in [0.717, 1.165) is 32.1 Å². The Morgan fingerprint density at radius 2 is 2.00 bits per heavy atom. The summed E-state index contributed by atoms with van der Waals surface area (Å²) in [6.07, 6.45) is 9.53. The second-order valence-corrected chi connectivity index (χ2v) is 7.54. The third-order valence-corrected chi connectivity index (χ3v) is 5.52. The molecule has 0 aromatic carbocycles. The molecule has 160 valence electrons. The van der Waals surface area contributed by atoms with E-state index in [1.807, 2.05) is 12.2 Å². The van der Waals surface area contributed by atoms with Gasteiger partial charge in [0.1, 0.15) is 6.10 Å². The van der Waals surface area contributed by atoms with E-state index in [1.165, 1.54) is 14.0 Å². The fourth-order valence-electron chi connectivity index (χ4n) is 4.07. The lowest BCUT2D eigenvalue weighted by Gasteiger charge is -2.29. The molecule has 2 rings (SSSR count). The van der Waals surface area contributed by atoms with Crippen molar-refractivity contribution in [1.29, 1.82) is 0 Å². The van der Waals surface area contributed by atoms with Crippen molar-refractivity contribution in [3.63, 3.8) is 0 Å². The largest absolute Gasteiger partial charge is 0.469 e. The van der Waals surface area contributed by atoms with Crippen LogP contribution in [0.3, 0.4) is 0 Å². The van der Waals surface area contributed by atoms with Crippen LogP contribution in [0.15, 0.2) is 12.2 Å². The molecule has 1 saturated heterocycles. The average molecular weight is 398 g/mol. The first kappa shape index (κ1) is 22.8. The van der Waals surface area contributed by atoms with Crippen LogP contribution in [0.4, 0.5) is 0 Å². The lowest BCUT2D eigenvalue weighted by atomic mass is 9.91. The Morgan fingerprint density at radius 1 is 1.18 bits per heavy atom. The molecule has 0 amide bonds. The predicted octanol–water partition coefficient (Wildman–Crippen LogP) is 2.75. The number of hydrogen-bond acceptors (Lipinski definition) is 7. The summed E-state index contributed by atoms with van der Waals surface area (Å²) >= 11 is 0. The van der Waals surface area contributed by atoms with Crippen molar-refractivity contribution in [2.75, 3.05) is 20.3 Å². The number of allylic oxidation sites excluding steroid dienone is 2. The maximum Gasteiger partial charge on any atom is 0.305 e. The summed E-state index contributed by atoms with van der Waals surface area (Å²) < 4.78 is 22.0. The molecule has 0 aromatic heterocycles. The van der Waals surface area contributed by atoms with Gasteiger partial charge in [-0.3, -0.25) is 9.59 Å². The smallest absolute Gasteiger partial charge is 0.305 e. The zero-order chi connectivity index (χ0) is 20.4. The Balaban J connectivity index is 1.91. The van der Waals surface area contributed by atoms with Crippen LogP contribution in [0.25, 0.3) is 0 Å². The van der Waals surface area contributed by atoms with Gasteiger partial charge in [0.2, 0.25) is 0 Å². The summed E-state index contributed by atoms with van der Waals surface area (Å²) in [6.45, 7) is 2.09. The highest BCUT2D eigenvalue weighted by Crippen LogP contribution is 2.40. The van der Waals surface area contributed by atoms with Crippen LogP contribution in [0, 0.1) is 11.8 Å². The van der Waals surface area contributed by atoms with Gasteiger partial charge in [-0.05, 0) is 38.5 Å². The number of methoxy groups -OCH3 is 1. The summed E-state index contributed by atoms with van der Waals surface area (Å²) in [7, 11) is 1.39. The van der Waals surface area contributed by atoms with Crippen molar-refractivity contribution in [1.82, 2.24) is 0 Å². The molecule has 2 aliphatic rings. The maximum absolute atomic E-state index is 11.5. The third kappa shape index (κ3) is 7.18. The monoisotopic (exact) mass is 398 g/mol. The summed E-state index contributed by atoms with van der Waals surface area (Å²) in [5, 5.41) is 9.98. The minimum atomic E-state index is -0.316. The molecule has 7 heteroatoms. The number of aliphatic hydroxyl groups excluding tert-OH is 1. The van der Waals surface area contributed by atoms with E-state index in [0.29, 0.717) is 25.9 Å². The van der Waals surface area contributed by atoms with Gasteiger partial charge in [-0.25, -0.2) is 0 Å². The predicted molar refractivity (Wildman–Crippen MR) is 102 cm³/mol. The van der Waals surface area contributed by atoms with E-state index in [9.17, 15) is 14.7 Å². The number of hydrogen-bond donors (Lipinski definition) is 1. The molecule has 7 nitrogen and oxygen atoms in total. The van der Waals surface area contributed by atoms with Crippen LogP contribution in [-0.4, -0.2) is 55.9 Å². The Bertz CT molecular complexity index is 513. The van der Waals surface area contributed by atoms with Crippen molar-refractivity contribution >= 4 is 11.9 Å². The Labute approximate surface area is 167 Å². The summed E-state index contributed by atoms with van der Waals surface area (Å²) in [5.74, 6) is -0.623. The first-order valence-electron chi connectivity index (χ1n) is 10.3. The number of aliphatic hydroxyl groups is 1. The summed E-state index contributed by atoms with van der Waals surface area (Å²) in [5.41, 5.74) is 0. The van der Waals surface area contributed by atoms with Gasteiger partial charge in [0, 0.05) is 44.8 Å². The van der Waals surface area contributed by atoms with Crippen LogP contribution in [0.2, 0.25) is 0 Å². The molecule has 0 radical (unpaired) electrons. The van der Waals surface area contributed by atoms with Crippen molar-refractivity contribution in [2.24, 2.45) is 11.8 Å². The number of carbonyl (C=O) groups excluding carboxylic acids is 2. The zero-order valence-corrected chi connectivity index (χ0v) is 17.0. The van der Waals surface area contributed by atoms with Crippen molar-refractivity contribution < 1.29 is 33.6 Å². The Hall–Kier alpha value is -1.44. The van der Waals surface area contributed by atoms with Crippen LogP contribution in [0.5, 0.6) is 0 Å². The van der Waals surface area contributed by atoms with Gasteiger partial charge in [-0.2, -0.15) is 0 Å². The molecular formula is C21H34O7. The van der Waals surface area contributed by atoms with Crippen LogP contribution >= 0.6 is 0 Å². The molecule has 1 N–H and O–H groups in total. The molecule has 1 aliphatic heterocycles. The first-order valence-corrected chi connectivity index (χ1v) is 10.3. The van der Waals surface area contributed by atoms with Crippen LogP contribution in [-0.2, 0) is 28.5 Å². The molecular weight excluding hydrogens is 364 g/mol. The van der Waals surface area contributed by atoms with Crippen molar-refractivity contribution in [3.8, 4) is 0 Å². The van der Waals surface area contributed by atoms with E-state index >= 15 is 0 Å². The molecule has 0 spiro atoms. The van der Waals surface area contributed by atoms with E-state index in [1.54, 1.807) is 0 Å². The normalized spacial score (nSPS) is 30.5. The molecule has 1 aliphatic carbocycles. The zero-order valence-electron chi connectivity index (χ0n) is 17.0. The van der Waals surface area contributed by atoms with Gasteiger partial charge in [0.25, 0.3) is 0 Å². The third-order valence-electron chi connectivity index (χ3n) is 5.52. The van der Waals surface area contributed by atoms with Gasteiger partial charge in [0.15, 0.2) is 6.29 Å². The molecule has 1 saturated carbocycles. The Morgan fingerprint density at radius 3 is 2.64 bits per heavy atom. The topological polar surface area (TPSA) is 91.3 Å². The molecule has 1 heterocycles. The van der Waals surface area contributed by atoms with Crippen LogP contribution < -0.4 is 0 Å². The van der Waals surface area contributed by atoms with Gasteiger partial charge in [-0.15, -0.1) is 0 Å². The number of ether oxygens (including phenoxy) is 4. The molecule has 5 atom stereocenters. The molecule has 0 aromatic rings. The highest BCUT2D eigenvalue weighted by atomic mass is 16.7. The van der Waals surface area contributed by atoms with Crippen molar-refractivity contribution in [2.45, 2.75) is 76.8 Å². The van der Waals surface area contributed by atoms with Gasteiger partial charge < -0.3 is 24.1 Å². The lowest BCUT2D eigenvalue weighted by Crippen LogP contribution is -2.33. The van der Waals surface area contributed by atoms with Gasteiger partial charge in [-0.1, -0.05) is 12.2 Å². The molecule has 1 unspecified atom stereocenters. The number of unbranched alkanes of at least 4 members (excludes halogenated alkanes) is 1. The van der Waals surface area contributed by atoms with Crippen LogP contribution in [0.1, 0.15) is 58.3 Å². The van der Waals surface area contributed by atoms with E-state index < -0.39 is 0 Å². The molecule has 0 bridgehead atoms. The highest BCUT2D eigenvalue weighted by molar-refractivity contribution is 5.69. The number of esters is 2. The van der Waals surface area contributed by atoms with Gasteiger partial charge in [0.05, 0.1) is 13.2 Å². The van der Waals surface area contributed by atoms with E-state index in [2.05, 4.69) is 4.74 Å². The molecule has 2 fully saturated rings. The second-order valence-electron chi connectivity index (χ2n) is 7.54. The summed E-state index contributed by atoms with van der Waals surface area (Å²) in [4.78, 5) is 22.7. The summed E-state index contributed by atoms with van der Waals surface area (Å²) in [6, 6.07) is 0. The van der Waals surface area contributed by atoms with E-state index in [-0.39, 0.29) is 48.9 Å². The standard InChI is InChI=1S/C21H34O7/c1-15(23)27-18-13-19(28-21-11-7-8-12-26-21)17(14-22)16(18)9-5-3-4-6-10-20(24)25-2/h3,5,16-19,21-22H,4,6-14H2,1-2H3/b5-3+/t16-,17-,18+,19-,21?/m1/s1. The number of rotatable bonds is 10. The highest BCUT2D eigenvalue weighted by Gasteiger charge is 2.45. The Kier molecular flexibility index (Phi) is 9.95.